The summed E-state index contributed by atoms with van der Waals surface area (Å²) in [5.41, 5.74) is 0. The highest BCUT2D eigenvalue weighted by molar-refractivity contribution is 5.79. The summed E-state index contributed by atoms with van der Waals surface area (Å²) in [4.78, 5) is 17.4. The average Bonchev–Trinajstić information content (AvgIpc) is 2.53. The highest BCUT2D eigenvalue weighted by Gasteiger charge is 2.27. The zero-order valence-electron chi connectivity index (χ0n) is 8.23. The molecule has 0 spiro atoms. The SMILES string of the molecule is CN(Cc1ncn[nH]1)C(=O)C1CCC1. The molecular formula is C9H14N4O. The molecule has 0 unspecified atom stereocenters. The third kappa shape index (κ3) is 1.76. The Morgan fingerprint density at radius 2 is 2.50 bits per heavy atom. The van der Waals surface area contributed by atoms with Gasteiger partial charge in [-0.25, -0.2) is 4.98 Å². The molecule has 0 saturated heterocycles. The Kier molecular flexibility index (Phi) is 2.47. The van der Waals surface area contributed by atoms with Crippen molar-refractivity contribution in [2.24, 2.45) is 5.92 Å². The van der Waals surface area contributed by atoms with Gasteiger partial charge in [-0.15, -0.1) is 0 Å². The largest absolute Gasteiger partial charge is 0.338 e. The van der Waals surface area contributed by atoms with Crippen molar-refractivity contribution in [3.63, 3.8) is 0 Å². The quantitative estimate of drug-likeness (QED) is 0.764. The number of nitrogens with zero attached hydrogens (tertiary/aromatic N) is 3. The summed E-state index contributed by atoms with van der Waals surface area (Å²) < 4.78 is 0. The Labute approximate surface area is 82.5 Å². The lowest BCUT2D eigenvalue weighted by molar-refractivity contribution is -0.137. The number of H-pyrrole nitrogens is 1. The molecule has 2 rings (SSSR count). The molecule has 0 bridgehead atoms. The van der Waals surface area contributed by atoms with Crippen molar-refractivity contribution in [3.05, 3.63) is 12.2 Å². The molecule has 5 nitrogen and oxygen atoms in total. The van der Waals surface area contributed by atoms with Gasteiger partial charge in [0.05, 0.1) is 6.54 Å². The number of hydrogen-bond acceptors (Lipinski definition) is 3. The fourth-order valence-corrected chi connectivity index (χ4v) is 1.58. The monoisotopic (exact) mass is 194 g/mol. The van der Waals surface area contributed by atoms with Crippen molar-refractivity contribution >= 4 is 5.91 Å². The molecule has 1 amide bonds. The maximum Gasteiger partial charge on any atom is 0.225 e. The summed E-state index contributed by atoms with van der Waals surface area (Å²) >= 11 is 0. The van der Waals surface area contributed by atoms with Gasteiger partial charge < -0.3 is 4.90 Å². The fourth-order valence-electron chi connectivity index (χ4n) is 1.58. The second-order valence-electron chi connectivity index (χ2n) is 3.75. The van der Waals surface area contributed by atoms with Gasteiger partial charge >= 0.3 is 0 Å². The van der Waals surface area contributed by atoms with Crippen LogP contribution in [0.15, 0.2) is 6.33 Å². The summed E-state index contributed by atoms with van der Waals surface area (Å²) in [7, 11) is 1.81. The van der Waals surface area contributed by atoms with Gasteiger partial charge in [0, 0.05) is 13.0 Å². The first-order chi connectivity index (χ1) is 6.77. The molecule has 1 aromatic rings. The molecule has 1 aliphatic rings. The van der Waals surface area contributed by atoms with Crippen molar-refractivity contribution < 1.29 is 4.79 Å². The van der Waals surface area contributed by atoms with E-state index < -0.39 is 0 Å². The number of amides is 1. The summed E-state index contributed by atoms with van der Waals surface area (Å²) in [6, 6.07) is 0. The summed E-state index contributed by atoms with van der Waals surface area (Å²) in [6.45, 7) is 0.523. The molecule has 5 heteroatoms. The average molecular weight is 194 g/mol. The highest BCUT2D eigenvalue weighted by Crippen LogP contribution is 2.28. The number of nitrogens with one attached hydrogen (secondary N) is 1. The van der Waals surface area contributed by atoms with Gasteiger partial charge in [0.1, 0.15) is 12.2 Å². The first-order valence-corrected chi connectivity index (χ1v) is 4.86. The molecule has 1 saturated carbocycles. The molecular weight excluding hydrogens is 180 g/mol. The maximum absolute atomic E-state index is 11.7. The summed E-state index contributed by atoms with van der Waals surface area (Å²) in [5, 5.41) is 6.48. The Hall–Kier alpha value is -1.39. The topological polar surface area (TPSA) is 61.9 Å². The normalized spacial score (nSPS) is 16.4. The minimum atomic E-state index is 0.229. The second-order valence-corrected chi connectivity index (χ2v) is 3.75. The van der Waals surface area contributed by atoms with Crippen molar-refractivity contribution in [1.29, 1.82) is 0 Å². The molecule has 0 aliphatic heterocycles. The maximum atomic E-state index is 11.7. The Morgan fingerprint density at radius 3 is 3.00 bits per heavy atom. The van der Waals surface area contributed by atoms with Gasteiger partial charge in [-0.3, -0.25) is 9.89 Å². The van der Waals surface area contributed by atoms with E-state index in [4.69, 9.17) is 0 Å². The molecule has 14 heavy (non-hydrogen) atoms. The van der Waals surface area contributed by atoms with E-state index in [-0.39, 0.29) is 11.8 Å². The van der Waals surface area contributed by atoms with Crippen LogP contribution >= 0.6 is 0 Å². The number of aromatic amines is 1. The standard InChI is InChI=1S/C9H14N4O/c1-13(5-8-10-6-11-12-8)9(14)7-3-2-4-7/h6-7H,2-5H2,1H3,(H,10,11,12). The fraction of sp³-hybridized carbons (Fsp3) is 0.667. The van der Waals surface area contributed by atoms with E-state index in [2.05, 4.69) is 15.2 Å². The number of hydrogen-bond donors (Lipinski definition) is 1. The van der Waals surface area contributed by atoms with Crippen LogP contribution in [0.3, 0.4) is 0 Å². The predicted molar refractivity (Wildman–Crippen MR) is 50.2 cm³/mol. The van der Waals surface area contributed by atoms with Gasteiger partial charge in [0.15, 0.2) is 0 Å². The molecule has 1 heterocycles. The van der Waals surface area contributed by atoms with Crippen LogP contribution in [0.1, 0.15) is 25.1 Å². The third-order valence-corrected chi connectivity index (χ3v) is 2.68. The van der Waals surface area contributed by atoms with Crippen LogP contribution in [0.2, 0.25) is 0 Å². The third-order valence-electron chi connectivity index (χ3n) is 2.68. The summed E-state index contributed by atoms with van der Waals surface area (Å²) in [6.07, 6.45) is 4.72. The van der Waals surface area contributed by atoms with E-state index in [0.29, 0.717) is 6.54 Å². The second kappa shape index (κ2) is 3.77. The Morgan fingerprint density at radius 1 is 1.71 bits per heavy atom. The lowest BCUT2D eigenvalue weighted by Crippen LogP contribution is -2.35. The van der Waals surface area contributed by atoms with Crippen LogP contribution in [0.25, 0.3) is 0 Å². The van der Waals surface area contributed by atoms with E-state index in [1.54, 1.807) is 4.90 Å². The highest BCUT2D eigenvalue weighted by atomic mass is 16.2. The van der Waals surface area contributed by atoms with Gasteiger partial charge in [-0.05, 0) is 12.8 Å². The van der Waals surface area contributed by atoms with Crippen LogP contribution in [-0.4, -0.2) is 33.0 Å². The van der Waals surface area contributed by atoms with Crippen LogP contribution < -0.4 is 0 Å². The van der Waals surface area contributed by atoms with Crippen LogP contribution in [0.5, 0.6) is 0 Å². The van der Waals surface area contributed by atoms with Crippen molar-refractivity contribution in [1.82, 2.24) is 20.1 Å². The molecule has 1 fully saturated rings. The number of carbonyl (C=O) groups is 1. The molecule has 1 aromatic heterocycles. The first kappa shape index (κ1) is 9.18. The molecule has 76 valence electrons. The molecule has 1 aliphatic carbocycles. The van der Waals surface area contributed by atoms with E-state index in [0.717, 1.165) is 18.7 Å². The van der Waals surface area contributed by atoms with E-state index in [9.17, 15) is 4.79 Å². The molecule has 0 atom stereocenters. The van der Waals surface area contributed by atoms with Crippen LogP contribution in [0, 0.1) is 5.92 Å². The van der Waals surface area contributed by atoms with Crippen molar-refractivity contribution in [3.8, 4) is 0 Å². The number of rotatable bonds is 3. The minimum Gasteiger partial charge on any atom is -0.338 e. The van der Waals surface area contributed by atoms with Crippen molar-refractivity contribution in [2.75, 3.05) is 7.05 Å². The van der Waals surface area contributed by atoms with Gasteiger partial charge in [-0.1, -0.05) is 6.42 Å². The number of carbonyl (C=O) groups excluding carboxylic acids is 1. The lowest BCUT2D eigenvalue weighted by Gasteiger charge is -2.28. The van der Waals surface area contributed by atoms with Gasteiger partial charge in [0.2, 0.25) is 5.91 Å². The van der Waals surface area contributed by atoms with Gasteiger partial charge in [-0.2, -0.15) is 5.10 Å². The van der Waals surface area contributed by atoms with E-state index >= 15 is 0 Å². The van der Waals surface area contributed by atoms with Crippen LogP contribution in [0.4, 0.5) is 0 Å². The smallest absolute Gasteiger partial charge is 0.225 e. The predicted octanol–water partition coefficient (Wildman–Crippen LogP) is 0.563. The van der Waals surface area contributed by atoms with E-state index in [1.807, 2.05) is 7.05 Å². The van der Waals surface area contributed by atoms with Crippen molar-refractivity contribution in [2.45, 2.75) is 25.8 Å². The van der Waals surface area contributed by atoms with Crippen LogP contribution in [-0.2, 0) is 11.3 Å². The minimum absolute atomic E-state index is 0.229. The number of aromatic nitrogens is 3. The zero-order valence-corrected chi connectivity index (χ0v) is 8.23. The first-order valence-electron chi connectivity index (χ1n) is 4.86. The Balaban J connectivity index is 1.88. The van der Waals surface area contributed by atoms with E-state index in [1.165, 1.54) is 12.7 Å². The zero-order chi connectivity index (χ0) is 9.97. The lowest BCUT2D eigenvalue weighted by atomic mass is 9.84. The summed E-state index contributed by atoms with van der Waals surface area (Å²) in [5.74, 6) is 1.22. The molecule has 0 radical (unpaired) electrons. The molecule has 0 aromatic carbocycles. The Bertz CT molecular complexity index is 305. The van der Waals surface area contributed by atoms with Gasteiger partial charge in [0.25, 0.3) is 0 Å². The molecule has 1 N–H and O–H groups in total.